The summed E-state index contributed by atoms with van der Waals surface area (Å²) in [5.74, 6) is 4.23. The maximum absolute atomic E-state index is 12.0. The molecule has 402 valence electrons. The van der Waals surface area contributed by atoms with Gasteiger partial charge in [-0.25, -0.2) is 9.97 Å². The highest BCUT2D eigenvalue weighted by Gasteiger charge is 2.27. The van der Waals surface area contributed by atoms with Crippen molar-refractivity contribution in [3.8, 4) is 68.3 Å². The molecule has 0 unspecified atom stereocenters. The van der Waals surface area contributed by atoms with Gasteiger partial charge in [0.1, 0.15) is 49.9 Å². The molecule has 12 rings (SSSR count). The molecule has 6 N–H and O–H groups in total. The predicted molar refractivity (Wildman–Crippen MR) is 312 cm³/mol. The molecule has 0 bridgehead atoms. The van der Waals surface area contributed by atoms with Crippen LogP contribution in [0, 0.1) is 0 Å². The van der Waals surface area contributed by atoms with E-state index in [-0.39, 0.29) is 0 Å². The van der Waals surface area contributed by atoms with Crippen LogP contribution in [0.25, 0.3) is 33.8 Å². The summed E-state index contributed by atoms with van der Waals surface area (Å²) in [5.41, 5.74) is 21.9. The van der Waals surface area contributed by atoms with Crippen molar-refractivity contribution in [2.45, 2.75) is 101 Å². The molecule has 79 heavy (non-hydrogen) atoms. The number of benzene rings is 6. The monoisotopic (exact) mass is 1090 g/mol. The summed E-state index contributed by atoms with van der Waals surface area (Å²) in [6.07, 6.45) is 17.2. The van der Waals surface area contributed by atoms with Gasteiger partial charge in [-0.3, -0.25) is 19.1 Å². The van der Waals surface area contributed by atoms with Crippen LogP contribution in [0.4, 0.5) is 0 Å². The van der Waals surface area contributed by atoms with Crippen molar-refractivity contribution < 1.29 is 28.6 Å². The maximum atomic E-state index is 12.0. The van der Waals surface area contributed by atoms with E-state index in [4.69, 9.17) is 41.4 Å². The summed E-state index contributed by atoms with van der Waals surface area (Å²) in [7, 11) is 0. The molecule has 3 aliphatic rings. The van der Waals surface area contributed by atoms with Crippen molar-refractivity contribution >= 4 is 40.4 Å². The lowest BCUT2D eigenvalue weighted by atomic mass is 9.90. The molecule has 0 saturated heterocycles. The van der Waals surface area contributed by atoms with Gasteiger partial charge in [-0.15, -0.1) is 22.7 Å². The Bertz CT molecular complexity index is 3290. The van der Waals surface area contributed by atoms with E-state index in [1.165, 1.54) is 67.6 Å². The summed E-state index contributed by atoms with van der Waals surface area (Å²) in [6, 6.07) is 52.1. The number of rotatable bonds is 15. The highest BCUT2D eigenvalue weighted by molar-refractivity contribution is 7.14. The molecule has 0 aliphatic heterocycles. The zero-order valence-corrected chi connectivity index (χ0v) is 45.5. The van der Waals surface area contributed by atoms with Crippen LogP contribution >= 0.6 is 22.7 Å². The number of carbonyl (C=O) groups excluding carboxylic acids is 3. The van der Waals surface area contributed by atoms with Gasteiger partial charge in [0.2, 0.25) is 0 Å². The first kappa shape index (κ1) is 54.0. The molecule has 0 spiro atoms. The molecule has 13 nitrogen and oxygen atoms in total. The van der Waals surface area contributed by atoms with Crippen molar-refractivity contribution in [2.75, 3.05) is 0 Å². The number of amides is 3. The van der Waals surface area contributed by atoms with Crippen molar-refractivity contribution in [1.29, 1.82) is 0 Å². The first-order valence-electron chi connectivity index (χ1n) is 27.1. The lowest BCUT2D eigenvalue weighted by Gasteiger charge is -2.18. The first-order chi connectivity index (χ1) is 38.6. The third-order valence-electron chi connectivity index (χ3n) is 14.4. The number of thiazole rings is 2. The second-order valence-corrected chi connectivity index (χ2v) is 22.1. The Labute approximate surface area is 468 Å². The average Bonchev–Trinajstić information content (AvgIpc) is 4.40. The third-order valence-corrected chi connectivity index (χ3v) is 16.9. The number of carbonyl (C=O) groups is 3. The number of hydrogen-bond acceptors (Lipinski definition) is 11. The Kier molecular flexibility index (Phi) is 17.7. The number of ether oxygens (including phenoxy) is 3. The van der Waals surface area contributed by atoms with E-state index in [1.54, 1.807) is 6.20 Å². The van der Waals surface area contributed by atoms with Gasteiger partial charge in [-0.1, -0.05) is 99.5 Å². The molecule has 3 heterocycles. The number of nitrogens with two attached hydrogens (primary N) is 3. The van der Waals surface area contributed by atoms with Crippen molar-refractivity contribution in [1.82, 2.24) is 19.7 Å². The van der Waals surface area contributed by atoms with E-state index in [9.17, 15) is 14.4 Å². The van der Waals surface area contributed by atoms with Crippen LogP contribution in [-0.4, -0.2) is 37.5 Å². The summed E-state index contributed by atoms with van der Waals surface area (Å²) < 4.78 is 19.4. The van der Waals surface area contributed by atoms with Crippen molar-refractivity contribution in [3.63, 3.8) is 0 Å². The van der Waals surface area contributed by atoms with Crippen LogP contribution in [0.5, 0.6) is 34.5 Å². The highest BCUT2D eigenvalue weighted by Crippen LogP contribution is 2.41. The second-order valence-electron chi connectivity index (χ2n) is 20.0. The number of para-hydroxylation sites is 3. The standard InChI is InChI=1S/C22H22N2O2S.C21H21N3O2.C21H20N2O2S/c23-21(25)20-19(24-22(27-20)16-7-3-1-4-8-16)15-11-13-18(14-12-15)26-17-9-5-2-6-10-17;22-21(25)19-14-24(16-6-4-5-7-16)23-20(19)15-10-12-18(13-11-15)26-17-8-2-1-3-9-17;22-20(24)19-18(23-21(26-19)15-6-4-5-7-15)14-10-12-17(13-11-14)25-16-8-2-1-3-9-16/h2,5-6,9-14,16H,1,3-4,7-8H2,(H2,23,25);1-3,8-14,16H,4-7H2,(H2,22,25);1-3,8-13,15H,4-7H2,(H2,22,24). The van der Waals surface area contributed by atoms with Gasteiger partial charge in [0.05, 0.1) is 33.0 Å². The molecule has 3 fully saturated rings. The van der Waals surface area contributed by atoms with Crippen molar-refractivity contribution in [3.05, 3.63) is 195 Å². The Morgan fingerprint density at radius 1 is 0.405 bits per heavy atom. The minimum absolute atomic E-state index is 0.363. The predicted octanol–water partition coefficient (Wildman–Crippen LogP) is 15.7. The lowest BCUT2D eigenvalue weighted by molar-refractivity contribution is 0.0993. The minimum Gasteiger partial charge on any atom is -0.457 e. The normalized spacial score (nSPS) is 14.6. The van der Waals surface area contributed by atoms with Gasteiger partial charge in [-0.2, -0.15) is 5.10 Å². The molecule has 6 aromatic carbocycles. The lowest BCUT2D eigenvalue weighted by Crippen LogP contribution is -2.11. The average molecular weight is 1090 g/mol. The van der Waals surface area contributed by atoms with E-state index in [0.29, 0.717) is 50.3 Å². The highest BCUT2D eigenvalue weighted by atomic mass is 32.1. The van der Waals surface area contributed by atoms with Gasteiger partial charge in [0.25, 0.3) is 17.7 Å². The zero-order chi connectivity index (χ0) is 54.5. The Morgan fingerprint density at radius 3 is 1.09 bits per heavy atom. The van der Waals surface area contributed by atoms with Gasteiger partial charge >= 0.3 is 0 Å². The fourth-order valence-corrected chi connectivity index (χ4v) is 12.5. The maximum Gasteiger partial charge on any atom is 0.261 e. The van der Waals surface area contributed by atoms with Crippen LogP contribution in [0.15, 0.2) is 170 Å². The zero-order valence-electron chi connectivity index (χ0n) is 43.9. The fourth-order valence-electron chi connectivity index (χ4n) is 10.3. The van der Waals surface area contributed by atoms with E-state index in [0.717, 1.165) is 99.7 Å². The molecule has 9 aromatic rings. The van der Waals surface area contributed by atoms with Crippen LogP contribution in [-0.2, 0) is 0 Å². The third kappa shape index (κ3) is 13.8. The smallest absolute Gasteiger partial charge is 0.261 e. The largest absolute Gasteiger partial charge is 0.457 e. The van der Waals surface area contributed by atoms with E-state index in [2.05, 4.69) is 5.10 Å². The molecule has 3 amide bonds. The Morgan fingerprint density at radius 2 is 0.734 bits per heavy atom. The Balaban J connectivity index is 0.000000134. The Hall–Kier alpha value is -8.40. The molecule has 3 saturated carbocycles. The van der Waals surface area contributed by atoms with Crippen LogP contribution < -0.4 is 31.4 Å². The number of primary amides is 3. The molecule has 3 aromatic heterocycles. The van der Waals surface area contributed by atoms with Crippen molar-refractivity contribution in [2.24, 2.45) is 17.2 Å². The van der Waals surface area contributed by atoms with Crippen LogP contribution in [0.3, 0.4) is 0 Å². The van der Waals surface area contributed by atoms with E-state index < -0.39 is 17.7 Å². The van der Waals surface area contributed by atoms with Gasteiger partial charge < -0.3 is 31.4 Å². The second kappa shape index (κ2) is 25.8. The molecule has 3 aliphatic carbocycles. The minimum atomic E-state index is -0.450. The molecule has 15 heteroatoms. The summed E-state index contributed by atoms with van der Waals surface area (Å²) in [4.78, 5) is 46.4. The van der Waals surface area contributed by atoms with Gasteiger partial charge in [0.15, 0.2) is 0 Å². The quantitative estimate of drug-likeness (QED) is 0.0893. The van der Waals surface area contributed by atoms with Gasteiger partial charge in [-0.05, 0) is 148 Å². The molecule has 0 radical (unpaired) electrons. The molecular formula is C64H63N7O6S2. The molecule has 0 atom stereocenters. The first-order valence-corrected chi connectivity index (χ1v) is 28.7. The number of hydrogen-bond donors (Lipinski definition) is 3. The summed E-state index contributed by atoms with van der Waals surface area (Å²) >= 11 is 2.91. The fraction of sp³-hybridized carbons (Fsp3) is 0.250. The van der Waals surface area contributed by atoms with E-state index >= 15 is 0 Å². The number of nitrogens with zero attached hydrogens (tertiary/aromatic N) is 4. The van der Waals surface area contributed by atoms with Crippen LogP contribution in [0.1, 0.15) is 141 Å². The SMILES string of the molecule is NC(=O)c1cn(C2CCCC2)nc1-c1ccc(Oc2ccccc2)cc1.NC(=O)c1sc(C2CCCC2)nc1-c1ccc(Oc2ccccc2)cc1.NC(=O)c1sc(C2CCCCC2)nc1-c1ccc(Oc2ccccc2)cc1. The topological polar surface area (TPSA) is 201 Å². The number of aromatic nitrogens is 4. The summed E-state index contributed by atoms with van der Waals surface area (Å²) in [5, 5.41) is 6.75. The summed E-state index contributed by atoms with van der Waals surface area (Å²) in [6.45, 7) is 0. The van der Waals surface area contributed by atoms with Gasteiger partial charge in [0, 0.05) is 34.7 Å². The van der Waals surface area contributed by atoms with Crippen LogP contribution in [0.2, 0.25) is 0 Å². The molecular weight excluding hydrogens is 1030 g/mol. The van der Waals surface area contributed by atoms with E-state index in [1.807, 2.05) is 168 Å².